The van der Waals surface area contributed by atoms with Gasteiger partial charge in [0.2, 0.25) is 0 Å². The highest BCUT2D eigenvalue weighted by Gasteiger charge is 2.27. The second-order valence-electron chi connectivity index (χ2n) is 4.95. The van der Waals surface area contributed by atoms with Crippen molar-refractivity contribution in [2.45, 2.75) is 32.3 Å². The lowest BCUT2D eigenvalue weighted by atomic mass is 9.99. The van der Waals surface area contributed by atoms with Gasteiger partial charge in [0, 0.05) is 5.69 Å². The van der Waals surface area contributed by atoms with Crippen LogP contribution in [0.15, 0.2) is 24.3 Å². The van der Waals surface area contributed by atoms with Crippen LogP contribution in [-0.2, 0) is 14.3 Å². The monoisotopic (exact) mass is 250 g/mol. The van der Waals surface area contributed by atoms with Gasteiger partial charge in [0.15, 0.2) is 0 Å². The van der Waals surface area contributed by atoms with E-state index in [4.69, 9.17) is 10.5 Å². The number of carbonyl (C=O) groups excluding carboxylic acids is 2. The van der Waals surface area contributed by atoms with E-state index in [2.05, 4.69) is 0 Å². The van der Waals surface area contributed by atoms with Gasteiger partial charge in [-0.05, 0) is 38.5 Å². The quantitative estimate of drug-likeness (QED) is 0.477. The molecule has 0 fully saturated rings. The van der Waals surface area contributed by atoms with Gasteiger partial charge in [0.1, 0.15) is 11.5 Å². The van der Waals surface area contributed by atoms with Gasteiger partial charge in [-0.1, -0.05) is 12.1 Å². The molecule has 1 atom stereocenters. The standard InChI is InChI=1S/C13H17NO4/c1-13(2,3)18-12(17)10(11(15)16)8-4-6-9(14)7-5-8/h4-7,10H,14H2,1-3H3,(H,15,16)/p-1/t10-/m1/s1. The SMILES string of the molecule is CC(C)(C)OC(=O)[C@@H](C(=O)[O-])c1ccc(N)cc1. The number of nitrogen functional groups attached to an aromatic ring is 1. The smallest absolute Gasteiger partial charge is 0.319 e. The first-order chi connectivity index (χ1) is 8.20. The third kappa shape index (κ3) is 3.76. The molecule has 0 aliphatic rings. The summed E-state index contributed by atoms with van der Waals surface area (Å²) in [5.41, 5.74) is 5.53. The fraction of sp³-hybridized carbons (Fsp3) is 0.385. The summed E-state index contributed by atoms with van der Waals surface area (Å²) in [6.45, 7) is 5.00. The largest absolute Gasteiger partial charge is 0.549 e. The summed E-state index contributed by atoms with van der Waals surface area (Å²) in [5.74, 6) is -3.77. The normalized spacial score (nSPS) is 12.8. The van der Waals surface area contributed by atoms with Crippen LogP contribution in [0.5, 0.6) is 0 Å². The number of hydrogen-bond donors (Lipinski definition) is 1. The second kappa shape index (κ2) is 5.08. The van der Waals surface area contributed by atoms with E-state index in [0.29, 0.717) is 11.3 Å². The number of aliphatic carboxylic acids is 1. The number of carboxylic acid groups (broad SMARTS) is 1. The molecular weight excluding hydrogens is 234 g/mol. The molecule has 18 heavy (non-hydrogen) atoms. The minimum absolute atomic E-state index is 0.290. The van der Waals surface area contributed by atoms with E-state index < -0.39 is 23.5 Å². The molecule has 0 saturated heterocycles. The van der Waals surface area contributed by atoms with Crippen molar-refractivity contribution in [2.24, 2.45) is 0 Å². The van der Waals surface area contributed by atoms with E-state index in [1.54, 1.807) is 20.8 Å². The topological polar surface area (TPSA) is 92.5 Å². The molecule has 0 aliphatic heterocycles. The molecule has 0 unspecified atom stereocenters. The number of esters is 1. The highest BCUT2D eigenvalue weighted by molar-refractivity contribution is 5.99. The van der Waals surface area contributed by atoms with Crippen LogP contribution in [0.1, 0.15) is 32.3 Å². The highest BCUT2D eigenvalue weighted by Crippen LogP contribution is 2.21. The zero-order chi connectivity index (χ0) is 13.9. The van der Waals surface area contributed by atoms with E-state index in [9.17, 15) is 14.7 Å². The zero-order valence-electron chi connectivity index (χ0n) is 10.6. The first kappa shape index (κ1) is 14.0. The van der Waals surface area contributed by atoms with Crippen molar-refractivity contribution in [1.29, 1.82) is 0 Å². The molecule has 1 aromatic carbocycles. The van der Waals surface area contributed by atoms with E-state index in [-0.39, 0.29) is 0 Å². The van der Waals surface area contributed by atoms with Crippen molar-refractivity contribution >= 4 is 17.6 Å². The summed E-state index contributed by atoms with van der Waals surface area (Å²) >= 11 is 0. The lowest BCUT2D eigenvalue weighted by molar-refractivity contribution is -0.307. The summed E-state index contributed by atoms with van der Waals surface area (Å²) in [4.78, 5) is 22.9. The maximum Gasteiger partial charge on any atom is 0.319 e. The first-order valence-corrected chi connectivity index (χ1v) is 5.50. The minimum atomic E-state index is -1.49. The predicted octanol–water partition coefficient (Wildman–Crippen LogP) is 0.444. The Morgan fingerprint density at radius 3 is 2.11 bits per heavy atom. The first-order valence-electron chi connectivity index (χ1n) is 5.50. The van der Waals surface area contributed by atoms with Gasteiger partial charge in [-0.15, -0.1) is 0 Å². The van der Waals surface area contributed by atoms with Crippen molar-refractivity contribution in [3.63, 3.8) is 0 Å². The number of hydrogen-bond acceptors (Lipinski definition) is 5. The van der Waals surface area contributed by atoms with Crippen LogP contribution < -0.4 is 10.8 Å². The number of carbonyl (C=O) groups is 2. The fourth-order valence-electron chi connectivity index (χ4n) is 1.42. The van der Waals surface area contributed by atoms with Gasteiger partial charge in [-0.2, -0.15) is 0 Å². The molecule has 0 spiro atoms. The molecular formula is C13H16NO4-. The molecule has 0 aromatic heterocycles. The number of benzene rings is 1. The lowest BCUT2D eigenvalue weighted by Crippen LogP contribution is -2.38. The summed E-state index contributed by atoms with van der Waals surface area (Å²) in [6, 6.07) is 5.99. The molecule has 1 aromatic rings. The number of carboxylic acids is 1. The van der Waals surface area contributed by atoms with Crippen molar-refractivity contribution in [3.05, 3.63) is 29.8 Å². The molecule has 0 amide bonds. The average molecular weight is 250 g/mol. The maximum atomic E-state index is 11.8. The van der Waals surface area contributed by atoms with Crippen LogP contribution in [0, 0.1) is 0 Å². The average Bonchev–Trinajstić information content (AvgIpc) is 2.18. The molecule has 5 nitrogen and oxygen atoms in total. The van der Waals surface area contributed by atoms with Gasteiger partial charge in [0.25, 0.3) is 0 Å². The Kier molecular flexibility index (Phi) is 3.96. The van der Waals surface area contributed by atoms with Crippen molar-refractivity contribution < 1.29 is 19.4 Å². The summed E-state index contributed by atoms with van der Waals surface area (Å²) in [7, 11) is 0. The Morgan fingerprint density at radius 2 is 1.72 bits per heavy atom. The Hall–Kier alpha value is -2.04. The Labute approximate surface area is 106 Å². The Balaban J connectivity index is 3.00. The number of nitrogens with two attached hydrogens (primary N) is 1. The number of ether oxygens (including phenoxy) is 1. The molecule has 5 heteroatoms. The van der Waals surface area contributed by atoms with E-state index in [0.717, 1.165) is 0 Å². The zero-order valence-corrected chi connectivity index (χ0v) is 10.6. The van der Waals surface area contributed by atoms with Crippen LogP contribution in [0.25, 0.3) is 0 Å². The highest BCUT2D eigenvalue weighted by atomic mass is 16.6. The summed E-state index contributed by atoms with van der Waals surface area (Å²) < 4.78 is 5.05. The number of anilines is 1. The predicted molar refractivity (Wildman–Crippen MR) is 64.4 cm³/mol. The Morgan fingerprint density at radius 1 is 1.22 bits per heavy atom. The summed E-state index contributed by atoms with van der Waals surface area (Å²) in [6.07, 6.45) is 0. The maximum absolute atomic E-state index is 11.8. The molecule has 2 N–H and O–H groups in total. The molecule has 0 bridgehead atoms. The van der Waals surface area contributed by atoms with Crippen LogP contribution in [0.2, 0.25) is 0 Å². The van der Waals surface area contributed by atoms with Crippen LogP contribution in [0.3, 0.4) is 0 Å². The van der Waals surface area contributed by atoms with E-state index >= 15 is 0 Å². The number of rotatable bonds is 3. The summed E-state index contributed by atoms with van der Waals surface area (Å²) in [5, 5.41) is 11.1. The van der Waals surface area contributed by atoms with Gasteiger partial charge in [-0.3, -0.25) is 4.79 Å². The third-order valence-electron chi connectivity index (χ3n) is 2.15. The second-order valence-corrected chi connectivity index (χ2v) is 4.95. The van der Waals surface area contributed by atoms with E-state index in [1.165, 1.54) is 24.3 Å². The molecule has 1 rings (SSSR count). The van der Waals surface area contributed by atoms with Crippen molar-refractivity contribution in [2.75, 3.05) is 5.73 Å². The van der Waals surface area contributed by atoms with Crippen molar-refractivity contribution in [3.8, 4) is 0 Å². The molecule has 0 aliphatic carbocycles. The molecule has 98 valence electrons. The van der Waals surface area contributed by atoms with Gasteiger partial charge in [-0.25, -0.2) is 0 Å². The van der Waals surface area contributed by atoms with Crippen LogP contribution >= 0.6 is 0 Å². The molecule has 0 saturated carbocycles. The Bertz CT molecular complexity index is 445. The van der Waals surface area contributed by atoms with Crippen LogP contribution in [0.4, 0.5) is 5.69 Å². The molecule has 0 radical (unpaired) electrons. The van der Waals surface area contributed by atoms with Gasteiger partial charge >= 0.3 is 5.97 Å². The van der Waals surface area contributed by atoms with Gasteiger partial charge < -0.3 is 20.4 Å². The molecule has 0 heterocycles. The van der Waals surface area contributed by atoms with Gasteiger partial charge in [0.05, 0.1) is 5.97 Å². The van der Waals surface area contributed by atoms with E-state index in [1.807, 2.05) is 0 Å². The fourth-order valence-corrected chi connectivity index (χ4v) is 1.42. The van der Waals surface area contributed by atoms with Crippen LogP contribution in [-0.4, -0.2) is 17.5 Å². The minimum Gasteiger partial charge on any atom is -0.549 e. The van der Waals surface area contributed by atoms with Crippen molar-refractivity contribution in [1.82, 2.24) is 0 Å². The third-order valence-corrected chi connectivity index (χ3v) is 2.15. The lowest BCUT2D eigenvalue weighted by Gasteiger charge is -2.24.